The van der Waals surface area contributed by atoms with Crippen LogP contribution in [0.4, 0.5) is 0 Å². The van der Waals surface area contributed by atoms with Gasteiger partial charge in [0.05, 0.1) is 6.54 Å². The van der Waals surface area contributed by atoms with Crippen molar-refractivity contribution in [2.24, 2.45) is 0 Å². The summed E-state index contributed by atoms with van der Waals surface area (Å²) >= 11 is 0. The summed E-state index contributed by atoms with van der Waals surface area (Å²) in [5.41, 5.74) is 1.78. The van der Waals surface area contributed by atoms with E-state index in [0.29, 0.717) is 12.0 Å². The first-order valence-electron chi connectivity index (χ1n) is 9.91. The number of aryl methyl sites for hydroxylation is 1. The van der Waals surface area contributed by atoms with Crippen molar-refractivity contribution in [1.82, 2.24) is 4.72 Å². The van der Waals surface area contributed by atoms with Crippen molar-refractivity contribution in [1.29, 1.82) is 0 Å². The Hall–Kier alpha value is -1.86. The first kappa shape index (κ1) is 22.4. The molecule has 0 heterocycles. The zero-order valence-corrected chi connectivity index (χ0v) is 17.7. The average Bonchev–Trinajstić information content (AvgIpc) is 2.60. The van der Waals surface area contributed by atoms with E-state index in [0.717, 1.165) is 44.1 Å². The van der Waals surface area contributed by atoms with Gasteiger partial charge in [-0.25, -0.2) is 13.1 Å². The Morgan fingerprint density at radius 3 is 2.61 bits per heavy atom. The number of ketones is 1. The van der Waals surface area contributed by atoms with Gasteiger partial charge in [0.1, 0.15) is 22.2 Å². The number of phenolic OH excluding ortho intramolecular Hbond substituents is 2. The topological polar surface area (TPSA) is 104 Å². The monoisotopic (exact) mass is 409 g/mol. The lowest BCUT2D eigenvalue weighted by atomic mass is 9.84. The van der Waals surface area contributed by atoms with Crippen molar-refractivity contribution in [3.63, 3.8) is 0 Å². The maximum Gasteiger partial charge on any atom is 0.244 e. The van der Waals surface area contributed by atoms with Gasteiger partial charge in [-0.1, -0.05) is 31.4 Å². The van der Waals surface area contributed by atoms with Crippen LogP contribution in [0.5, 0.6) is 11.5 Å². The molecule has 1 aliphatic carbocycles. The molecule has 1 aromatic carbocycles. The number of benzene rings is 1. The number of carbonyl (C=O) groups excluding carboxylic acids is 1. The summed E-state index contributed by atoms with van der Waals surface area (Å²) in [4.78, 5) is 11.1. The number of hydrogen-bond donors (Lipinski definition) is 3. The second-order valence-electron chi connectivity index (χ2n) is 7.64. The Bertz CT molecular complexity index is 858. The van der Waals surface area contributed by atoms with Crippen LogP contribution in [0.1, 0.15) is 76.3 Å². The molecular weight excluding hydrogens is 378 g/mol. The Morgan fingerprint density at radius 2 is 2.00 bits per heavy atom. The Balaban J connectivity index is 2.58. The fraction of sp³-hybridized carbons (Fsp3) is 0.571. The molecule has 0 fully saturated rings. The summed E-state index contributed by atoms with van der Waals surface area (Å²) < 4.78 is 28.1. The molecule has 0 aliphatic heterocycles. The first-order chi connectivity index (χ1) is 13.2. The zero-order chi connectivity index (χ0) is 20.9. The van der Waals surface area contributed by atoms with Crippen LogP contribution in [0.3, 0.4) is 0 Å². The number of nitrogens with one attached hydrogen (secondary N) is 1. The molecule has 0 saturated carbocycles. The average molecular weight is 410 g/mol. The smallest absolute Gasteiger partial charge is 0.244 e. The van der Waals surface area contributed by atoms with E-state index < -0.39 is 15.8 Å². The number of rotatable bonds is 9. The van der Waals surface area contributed by atoms with Crippen molar-refractivity contribution in [3.05, 3.63) is 28.8 Å². The van der Waals surface area contributed by atoms with E-state index in [2.05, 4.69) is 4.72 Å². The van der Waals surface area contributed by atoms with Gasteiger partial charge in [0.15, 0.2) is 0 Å². The molecule has 156 valence electrons. The van der Waals surface area contributed by atoms with E-state index in [9.17, 15) is 23.4 Å². The lowest BCUT2D eigenvalue weighted by molar-refractivity contribution is -0.115. The number of allylic oxidation sites excluding steroid dienone is 2. The number of aromatic hydroxyl groups is 2. The van der Waals surface area contributed by atoms with E-state index in [1.165, 1.54) is 13.0 Å². The van der Waals surface area contributed by atoms with Crippen LogP contribution >= 0.6 is 0 Å². The highest BCUT2D eigenvalue weighted by molar-refractivity contribution is 7.89. The molecule has 1 aromatic rings. The summed E-state index contributed by atoms with van der Waals surface area (Å²) in [6, 6.07) is 1.46. The number of sulfonamides is 1. The quantitative estimate of drug-likeness (QED) is 0.424. The van der Waals surface area contributed by atoms with Crippen molar-refractivity contribution in [2.45, 2.75) is 76.5 Å². The zero-order valence-electron chi connectivity index (χ0n) is 16.9. The van der Waals surface area contributed by atoms with Crippen molar-refractivity contribution in [2.75, 3.05) is 6.54 Å². The molecule has 1 aliphatic rings. The van der Waals surface area contributed by atoms with E-state index in [4.69, 9.17) is 0 Å². The molecule has 0 bridgehead atoms. The minimum atomic E-state index is -4.10. The molecule has 0 amide bonds. The van der Waals surface area contributed by atoms with Gasteiger partial charge in [-0.2, -0.15) is 0 Å². The normalized spacial score (nSPS) is 17.4. The fourth-order valence-electron chi connectivity index (χ4n) is 3.73. The van der Waals surface area contributed by atoms with Gasteiger partial charge in [-0.3, -0.25) is 4.79 Å². The third kappa shape index (κ3) is 5.35. The van der Waals surface area contributed by atoms with Crippen LogP contribution in [0, 0.1) is 0 Å². The third-order valence-electron chi connectivity index (χ3n) is 5.12. The van der Waals surface area contributed by atoms with Crippen LogP contribution in [0.2, 0.25) is 0 Å². The summed E-state index contributed by atoms with van der Waals surface area (Å²) in [6.07, 6.45) is 7.62. The summed E-state index contributed by atoms with van der Waals surface area (Å²) in [6.45, 7) is 4.99. The van der Waals surface area contributed by atoms with Crippen LogP contribution in [-0.4, -0.2) is 31.0 Å². The molecule has 1 atom stereocenters. The van der Waals surface area contributed by atoms with Gasteiger partial charge in [0.25, 0.3) is 0 Å². The minimum Gasteiger partial charge on any atom is -0.507 e. The lowest BCUT2D eigenvalue weighted by Gasteiger charge is -2.24. The lowest BCUT2D eigenvalue weighted by Crippen LogP contribution is -2.29. The standard InChI is InChI=1S/C21H31NO5S/c1-4-5-6-9-17-12-18(24)19(16-10-7-8-14(2)11-16)20(25)21(17)28(26,27)22-13-15(3)23/h11-12,16,22,24-25H,4-10,13H2,1-3H3. The SMILES string of the molecule is CCCCCc1cc(O)c(C2C=C(C)CCC2)c(O)c1S(=O)(=O)NCC(C)=O. The van der Waals surface area contributed by atoms with Gasteiger partial charge >= 0.3 is 0 Å². The second kappa shape index (κ2) is 9.56. The summed E-state index contributed by atoms with van der Waals surface area (Å²) in [5.74, 6) is -1.04. The van der Waals surface area contributed by atoms with E-state index in [1.54, 1.807) is 0 Å². The van der Waals surface area contributed by atoms with Crippen molar-refractivity contribution < 1.29 is 23.4 Å². The Morgan fingerprint density at radius 1 is 1.29 bits per heavy atom. The molecular formula is C21H31NO5S. The van der Waals surface area contributed by atoms with Crippen LogP contribution < -0.4 is 4.72 Å². The third-order valence-corrected chi connectivity index (χ3v) is 6.64. The Kier molecular flexibility index (Phi) is 7.66. The Labute approximate surface area is 167 Å². The molecule has 2 rings (SSSR count). The predicted molar refractivity (Wildman–Crippen MR) is 109 cm³/mol. The molecule has 28 heavy (non-hydrogen) atoms. The number of unbranched alkanes of at least 4 members (excludes halogenated alkanes) is 2. The van der Waals surface area contributed by atoms with Crippen LogP contribution in [0.25, 0.3) is 0 Å². The summed E-state index contributed by atoms with van der Waals surface area (Å²) in [5, 5.41) is 21.6. The highest BCUT2D eigenvalue weighted by atomic mass is 32.2. The maximum atomic E-state index is 12.9. The molecule has 1 unspecified atom stereocenters. The number of phenols is 2. The molecule has 0 saturated heterocycles. The van der Waals surface area contributed by atoms with Gasteiger partial charge in [-0.15, -0.1) is 0 Å². The van der Waals surface area contributed by atoms with Gasteiger partial charge < -0.3 is 10.2 Å². The number of hydrogen-bond acceptors (Lipinski definition) is 5. The first-order valence-corrected chi connectivity index (χ1v) is 11.4. The van der Waals surface area contributed by atoms with E-state index >= 15 is 0 Å². The van der Waals surface area contributed by atoms with E-state index in [1.807, 2.05) is 19.9 Å². The largest absolute Gasteiger partial charge is 0.507 e. The highest BCUT2D eigenvalue weighted by Crippen LogP contribution is 2.45. The number of carbonyl (C=O) groups is 1. The van der Waals surface area contributed by atoms with E-state index in [-0.39, 0.29) is 34.5 Å². The predicted octanol–water partition coefficient (Wildman–Crippen LogP) is 3.91. The highest BCUT2D eigenvalue weighted by Gasteiger charge is 2.30. The molecule has 7 heteroatoms. The van der Waals surface area contributed by atoms with Crippen molar-refractivity contribution >= 4 is 15.8 Å². The molecule has 6 nitrogen and oxygen atoms in total. The summed E-state index contributed by atoms with van der Waals surface area (Å²) in [7, 11) is -4.10. The molecule has 0 aromatic heterocycles. The molecule has 3 N–H and O–H groups in total. The molecule has 0 spiro atoms. The van der Waals surface area contributed by atoms with Gasteiger partial charge in [-0.05, 0) is 57.6 Å². The fourth-order valence-corrected chi connectivity index (χ4v) is 5.14. The minimum absolute atomic E-state index is 0.0783. The maximum absolute atomic E-state index is 12.9. The van der Waals surface area contributed by atoms with Crippen molar-refractivity contribution in [3.8, 4) is 11.5 Å². The molecule has 0 radical (unpaired) electrons. The van der Waals surface area contributed by atoms with Gasteiger partial charge in [0, 0.05) is 11.5 Å². The van der Waals surface area contributed by atoms with Crippen LogP contribution in [-0.2, 0) is 21.2 Å². The number of Topliss-reactive ketones (excluding diaryl/α,β-unsaturated/α-hetero) is 1. The van der Waals surface area contributed by atoms with Crippen LogP contribution in [0.15, 0.2) is 22.6 Å². The van der Waals surface area contributed by atoms with Gasteiger partial charge in [0.2, 0.25) is 10.0 Å². The second-order valence-corrected chi connectivity index (χ2v) is 9.35.